The quantitative estimate of drug-likeness (QED) is 0.873. The molecule has 1 amide bonds. The van der Waals surface area contributed by atoms with Crippen LogP contribution in [-0.2, 0) is 0 Å². The SMILES string of the molecule is O=C(NC1CCCC1CBr)c1cccc2ncccc12. The highest BCUT2D eigenvalue weighted by Gasteiger charge is 2.28. The maximum atomic E-state index is 12.5. The monoisotopic (exact) mass is 332 g/mol. The van der Waals surface area contributed by atoms with Crippen LogP contribution in [0.3, 0.4) is 0 Å². The number of carbonyl (C=O) groups excluding carboxylic acids is 1. The molecule has 3 nitrogen and oxygen atoms in total. The van der Waals surface area contributed by atoms with Crippen molar-refractivity contribution in [2.24, 2.45) is 5.92 Å². The van der Waals surface area contributed by atoms with Gasteiger partial charge < -0.3 is 5.32 Å². The number of amides is 1. The van der Waals surface area contributed by atoms with Gasteiger partial charge in [-0.15, -0.1) is 0 Å². The van der Waals surface area contributed by atoms with E-state index in [1.807, 2.05) is 30.3 Å². The molecule has 1 saturated carbocycles. The van der Waals surface area contributed by atoms with Gasteiger partial charge in [0.05, 0.1) is 5.52 Å². The number of nitrogens with zero attached hydrogens (tertiary/aromatic N) is 1. The van der Waals surface area contributed by atoms with E-state index >= 15 is 0 Å². The Balaban J connectivity index is 1.86. The number of hydrogen-bond donors (Lipinski definition) is 1. The van der Waals surface area contributed by atoms with E-state index in [1.54, 1.807) is 6.20 Å². The van der Waals surface area contributed by atoms with Crippen LogP contribution in [0.15, 0.2) is 36.5 Å². The van der Waals surface area contributed by atoms with E-state index in [0.717, 1.165) is 28.2 Å². The van der Waals surface area contributed by atoms with Gasteiger partial charge in [-0.3, -0.25) is 9.78 Å². The summed E-state index contributed by atoms with van der Waals surface area (Å²) in [7, 11) is 0. The Morgan fingerprint density at radius 1 is 1.30 bits per heavy atom. The number of alkyl halides is 1. The van der Waals surface area contributed by atoms with Gasteiger partial charge in [0, 0.05) is 28.5 Å². The van der Waals surface area contributed by atoms with Crippen LogP contribution < -0.4 is 5.32 Å². The van der Waals surface area contributed by atoms with Crippen molar-refractivity contribution in [3.05, 3.63) is 42.1 Å². The van der Waals surface area contributed by atoms with Crippen molar-refractivity contribution in [1.82, 2.24) is 10.3 Å². The van der Waals surface area contributed by atoms with E-state index in [0.29, 0.717) is 5.92 Å². The minimum Gasteiger partial charge on any atom is -0.349 e. The number of benzene rings is 1. The second-order valence-corrected chi connectivity index (χ2v) is 5.95. The third-order valence-corrected chi connectivity index (χ3v) is 4.90. The van der Waals surface area contributed by atoms with Gasteiger partial charge in [0.1, 0.15) is 0 Å². The van der Waals surface area contributed by atoms with Crippen molar-refractivity contribution in [2.75, 3.05) is 5.33 Å². The van der Waals surface area contributed by atoms with Crippen LogP contribution in [0.25, 0.3) is 10.9 Å². The van der Waals surface area contributed by atoms with Crippen LogP contribution in [0.5, 0.6) is 0 Å². The van der Waals surface area contributed by atoms with Crippen molar-refractivity contribution in [2.45, 2.75) is 25.3 Å². The molecular formula is C16H17BrN2O. The fourth-order valence-electron chi connectivity index (χ4n) is 2.96. The number of aromatic nitrogens is 1. The molecule has 1 heterocycles. The summed E-state index contributed by atoms with van der Waals surface area (Å²) in [6.07, 6.45) is 5.21. The lowest BCUT2D eigenvalue weighted by molar-refractivity contribution is 0.0932. The minimum absolute atomic E-state index is 0.0152. The molecule has 0 spiro atoms. The van der Waals surface area contributed by atoms with Gasteiger partial charge >= 0.3 is 0 Å². The third kappa shape index (κ3) is 2.57. The van der Waals surface area contributed by atoms with Gasteiger partial charge in [-0.25, -0.2) is 0 Å². The number of fused-ring (bicyclic) bond motifs is 1. The second-order valence-electron chi connectivity index (χ2n) is 5.30. The second kappa shape index (κ2) is 5.92. The standard InChI is InChI=1S/C16H17BrN2O/c17-10-11-4-1-7-14(11)19-16(20)13-5-2-8-15-12(13)6-3-9-18-15/h2-3,5-6,8-9,11,14H,1,4,7,10H2,(H,19,20). The summed E-state index contributed by atoms with van der Waals surface area (Å²) in [5.41, 5.74) is 1.58. The molecule has 1 aromatic carbocycles. The van der Waals surface area contributed by atoms with Crippen molar-refractivity contribution in [1.29, 1.82) is 0 Å². The van der Waals surface area contributed by atoms with Crippen LogP contribution in [-0.4, -0.2) is 22.3 Å². The van der Waals surface area contributed by atoms with Crippen molar-refractivity contribution >= 4 is 32.7 Å². The highest BCUT2D eigenvalue weighted by molar-refractivity contribution is 9.09. The average Bonchev–Trinajstić information content (AvgIpc) is 2.93. The predicted molar refractivity (Wildman–Crippen MR) is 84.1 cm³/mol. The predicted octanol–water partition coefficient (Wildman–Crippen LogP) is 3.53. The average molecular weight is 333 g/mol. The van der Waals surface area contributed by atoms with E-state index in [-0.39, 0.29) is 11.9 Å². The number of pyridine rings is 1. The molecule has 104 valence electrons. The minimum atomic E-state index is 0.0152. The molecule has 1 aliphatic rings. The molecule has 2 unspecified atom stereocenters. The van der Waals surface area contributed by atoms with Crippen molar-refractivity contribution < 1.29 is 4.79 Å². The molecule has 0 bridgehead atoms. The van der Waals surface area contributed by atoms with E-state index in [9.17, 15) is 4.79 Å². The molecule has 0 radical (unpaired) electrons. The third-order valence-electron chi connectivity index (χ3n) is 4.06. The largest absolute Gasteiger partial charge is 0.349 e. The molecule has 3 rings (SSSR count). The van der Waals surface area contributed by atoms with Gasteiger partial charge in [-0.2, -0.15) is 0 Å². The Hall–Kier alpha value is -1.42. The molecular weight excluding hydrogens is 316 g/mol. The molecule has 2 atom stereocenters. The summed E-state index contributed by atoms with van der Waals surface area (Å²) in [6.45, 7) is 0. The van der Waals surface area contributed by atoms with E-state index in [1.165, 1.54) is 12.8 Å². The van der Waals surface area contributed by atoms with Crippen LogP contribution in [0.1, 0.15) is 29.6 Å². The Labute approximate surface area is 126 Å². The molecule has 1 aromatic heterocycles. The van der Waals surface area contributed by atoms with Gasteiger partial charge in [-0.05, 0) is 37.0 Å². The lowest BCUT2D eigenvalue weighted by Gasteiger charge is -2.19. The number of hydrogen-bond acceptors (Lipinski definition) is 2. The summed E-state index contributed by atoms with van der Waals surface area (Å²) in [4.78, 5) is 16.8. The Kier molecular flexibility index (Phi) is 4.01. The van der Waals surface area contributed by atoms with Gasteiger partial charge in [0.25, 0.3) is 5.91 Å². The van der Waals surface area contributed by atoms with E-state index in [2.05, 4.69) is 26.2 Å². The van der Waals surface area contributed by atoms with Crippen molar-refractivity contribution in [3.8, 4) is 0 Å². The molecule has 1 fully saturated rings. The van der Waals surface area contributed by atoms with Crippen LogP contribution in [0.2, 0.25) is 0 Å². The summed E-state index contributed by atoms with van der Waals surface area (Å²) in [5.74, 6) is 0.563. The summed E-state index contributed by atoms with van der Waals surface area (Å²) < 4.78 is 0. The molecule has 2 aromatic rings. The fourth-order valence-corrected chi connectivity index (χ4v) is 3.73. The Bertz CT molecular complexity index is 623. The number of halogens is 1. The van der Waals surface area contributed by atoms with Gasteiger partial charge in [0.2, 0.25) is 0 Å². The Morgan fingerprint density at radius 2 is 2.20 bits per heavy atom. The molecule has 1 N–H and O–H groups in total. The number of rotatable bonds is 3. The summed E-state index contributed by atoms with van der Waals surface area (Å²) >= 11 is 3.54. The smallest absolute Gasteiger partial charge is 0.252 e. The molecule has 1 aliphatic carbocycles. The highest BCUT2D eigenvalue weighted by atomic mass is 79.9. The lowest BCUT2D eigenvalue weighted by Crippen LogP contribution is -2.38. The zero-order chi connectivity index (χ0) is 13.9. The van der Waals surface area contributed by atoms with Crippen molar-refractivity contribution in [3.63, 3.8) is 0 Å². The Morgan fingerprint density at radius 3 is 3.05 bits per heavy atom. The number of carbonyl (C=O) groups is 1. The molecule has 0 saturated heterocycles. The first-order chi connectivity index (χ1) is 9.79. The van der Waals surface area contributed by atoms with Crippen LogP contribution >= 0.6 is 15.9 Å². The maximum absolute atomic E-state index is 12.5. The molecule has 0 aliphatic heterocycles. The van der Waals surface area contributed by atoms with Crippen LogP contribution in [0, 0.1) is 5.92 Å². The lowest BCUT2D eigenvalue weighted by atomic mass is 10.0. The van der Waals surface area contributed by atoms with Crippen LogP contribution in [0.4, 0.5) is 0 Å². The van der Waals surface area contributed by atoms with Gasteiger partial charge in [0.15, 0.2) is 0 Å². The summed E-state index contributed by atoms with van der Waals surface area (Å²) in [6, 6.07) is 9.80. The first-order valence-electron chi connectivity index (χ1n) is 7.00. The summed E-state index contributed by atoms with van der Waals surface area (Å²) in [5, 5.41) is 5.06. The first-order valence-corrected chi connectivity index (χ1v) is 8.12. The highest BCUT2D eigenvalue weighted by Crippen LogP contribution is 2.27. The molecule has 20 heavy (non-hydrogen) atoms. The molecule has 4 heteroatoms. The first kappa shape index (κ1) is 13.6. The number of nitrogens with one attached hydrogen (secondary N) is 1. The maximum Gasteiger partial charge on any atom is 0.252 e. The zero-order valence-electron chi connectivity index (χ0n) is 11.2. The fraction of sp³-hybridized carbons (Fsp3) is 0.375. The van der Waals surface area contributed by atoms with E-state index < -0.39 is 0 Å². The topological polar surface area (TPSA) is 42.0 Å². The zero-order valence-corrected chi connectivity index (χ0v) is 12.8. The van der Waals surface area contributed by atoms with Gasteiger partial charge in [-0.1, -0.05) is 34.5 Å². The normalized spacial score (nSPS) is 22.1. The van der Waals surface area contributed by atoms with E-state index in [4.69, 9.17) is 0 Å².